The van der Waals surface area contributed by atoms with E-state index < -0.39 is 0 Å². The Morgan fingerprint density at radius 2 is 2.00 bits per heavy atom. The van der Waals surface area contributed by atoms with Gasteiger partial charge < -0.3 is 11.1 Å². The standard InChI is InChI=1S/C15H20N4O.ClH/c1-10(14-9-19(3)18-11(14)2)17-15(20)8-12-4-6-13(16)7-5-12;/h4-7,9-10H,8,16H2,1-3H3,(H,17,20);1H. The molecule has 1 unspecified atom stereocenters. The third-order valence-corrected chi connectivity index (χ3v) is 3.24. The van der Waals surface area contributed by atoms with Crippen molar-refractivity contribution in [3.8, 4) is 0 Å². The molecule has 0 fully saturated rings. The first-order valence-electron chi connectivity index (χ1n) is 6.59. The van der Waals surface area contributed by atoms with E-state index >= 15 is 0 Å². The lowest BCUT2D eigenvalue weighted by Crippen LogP contribution is -2.28. The molecule has 2 rings (SSSR count). The molecule has 0 bridgehead atoms. The predicted octanol–water partition coefficient (Wildman–Crippen LogP) is 2.15. The van der Waals surface area contributed by atoms with Crippen molar-refractivity contribution < 1.29 is 4.79 Å². The number of carbonyl (C=O) groups is 1. The Kier molecular flexibility index (Phi) is 5.79. The Bertz CT molecular complexity index is 607. The molecule has 6 heteroatoms. The topological polar surface area (TPSA) is 72.9 Å². The van der Waals surface area contributed by atoms with Crippen LogP contribution in [0, 0.1) is 6.92 Å². The number of nitrogen functional groups attached to an aromatic ring is 1. The van der Waals surface area contributed by atoms with Gasteiger partial charge in [0.1, 0.15) is 0 Å². The molecule has 1 heterocycles. The van der Waals surface area contributed by atoms with Gasteiger partial charge in [-0.25, -0.2) is 0 Å². The summed E-state index contributed by atoms with van der Waals surface area (Å²) in [6.07, 6.45) is 2.29. The SMILES string of the molecule is Cc1nn(C)cc1C(C)NC(=O)Cc1ccc(N)cc1.Cl. The van der Waals surface area contributed by atoms with Crippen LogP contribution in [0.3, 0.4) is 0 Å². The molecule has 1 amide bonds. The number of carbonyl (C=O) groups excluding carboxylic acids is 1. The number of aryl methyl sites for hydroxylation is 2. The lowest BCUT2D eigenvalue weighted by Gasteiger charge is -2.13. The van der Waals surface area contributed by atoms with Crippen molar-refractivity contribution in [1.29, 1.82) is 0 Å². The average molecular weight is 309 g/mol. The first-order chi connectivity index (χ1) is 9.45. The van der Waals surface area contributed by atoms with E-state index in [2.05, 4.69) is 10.4 Å². The van der Waals surface area contributed by atoms with Gasteiger partial charge in [-0.2, -0.15) is 5.10 Å². The van der Waals surface area contributed by atoms with Crippen molar-refractivity contribution in [1.82, 2.24) is 15.1 Å². The zero-order valence-electron chi connectivity index (χ0n) is 12.5. The largest absolute Gasteiger partial charge is 0.399 e. The second-order valence-corrected chi connectivity index (χ2v) is 5.05. The molecule has 0 saturated carbocycles. The molecule has 2 aromatic rings. The number of hydrogen-bond acceptors (Lipinski definition) is 3. The first-order valence-corrected chi connectivity index (χ1v) is 6.59. The summed E-state index contributed by atoms with van der Waals surface area (Å²) < 4.78 is 1.76. The number of nitrogens with one attached hydrogen (secondary N) is 1. The van der Waals surface area contributed by atoms with E-state index in [1.165, 1.54) is 0 Å². The number of benzene rings is 1. The van der Waals surface area contributed by atoms with Crippen LogP contribution in [0.4, 0.5) is 5.69 Å². The number of halogens is 1. The van der Waals surface area contributed by atoms with E-state index in [4.69, 9.17) is 5.73 Å². The Labute approximate surface area is 130 Å². The van der Waals surface area contributed by atoms with Gasteiger partial charge in [0.25, 0.3) is 0 Å². The van der Waals surface area contributed by atoms with E-state index in [0.717, 1.165) is 16.8 Å². The number of rotatable bonds is 4. The van der Waals surface area contributed by atoms with Crippen LogP contribution >= 0.6 is 12.4 Å². The maximum absolute atomic E-state index is 12.0. The third-order valence-electron chi connectivity index (χ3n) is 3.24. The second-order valence-electron chi connectivity index (χ2n) is 5.05. The molecule has 114 valence electrons. The Hall–Kier alpha value is -2.01. The molecule has 0 aliphatic rings. The van der Waals surface area contributed by atoms with E-state index in [-0.39, 0.29) is 24.4 Å². The molecule has 5 nitrogen and oxygen atoms in total. The Morgan fingerprint density at radius 3 is 2.52 bits per heavy atom. The van der Waals surface area contributed by atoms with Crippen molar-refractivity contribution in [2.75, 3.05) is 5.73 Å². The minimum Gasteiger partial charge on any atom is -0.399 e. The molecule has 1 aromatic heterocycles. The summed E-state index contributed by atoms with van der Waals surface area (Å²) in [6.45, 7) is 3.91. The fourth-order valence-corrected chi connectivity index (χ4v) is 2.23. The van der Waals surface area contributed by atoms with Crippen LogP contribution < -0.4 is 11.1 Å². The fourth-order valence-electron chi connectivity index (χ4n) is 2.23. The van der Waals surface area contributed by atoms with Crippen molar-refractivity contribution in [2.45, 2.75) is 26.3 Å². The van der Waals surface area contributed by atoms with Gasteiger partial charge >= 0.3 is 0 Å². The summed E-state index contributed by atoms with van der Waals surface area (Å²) in [6, 6.07) is 7.29. The number of hydrogen-bond donors (Lipinski definition) is 2. The average Bonchev–Trinajstić information content (AvgIpc) is 2.71. The van der Waals surface area contributed by atoms with Gasteiger partial charge in [-0.1, -0.05) is 12.1 Å². The lowest BCUT2D eigenvalue weighted by atomic mass is 10.1. The number of nitrogens with zero attached hydrogens (tertiary/aromatic N) is 2. The Morgan fingerprint density at radius 1 is 1.38 bits per heavy atom. The quantitative estimate of drug-likeness (QED) is 0.850. The first kappa shape index (κ1) is 17.0. The normalized spacial score (nSPS) is 11.6. The van der Waals surface area contributed by atoms with Crippen molar-refractivity contribution in [3.05, 3.63) is 47.3 Å². The minimum atomic E-state index is -0.0509. The Balaban J connectivity index is 0.00000220. The van der Waals surface area contributed by atoms with Crippen LogP contribution in [-0.4, -0.2) is 15.7 Å². The lowest BCUT2D eigenvalue weighted by molar-refractivity contribution is -0.121. The zero-order chi connectivity index (χ0) is 14.7. The highest BCUT2D eigenvalue weighted by atomic mass is 35.5. The van der Waals surface area contributed by atoms with Gasteiger partial charge in [-0.05, 0) is 31.5 Å². The summed E-state index contributed by atoms with van der Waals surface area (Å²) in [5.41, 5.74) is 9.25. The molecule has 0 aliphatic carbocycles. The molecular weight excluding hydrogens is 288 g/mol. The zero-order valence-corrected chi connectivity index (χ0v) is 13.3. The summed E-state index contributed by atoms with van der Waals surface area (Å²) >= 11 is 0. The van der Waals surface area contributed by atoms with E-state index in [9.17, 15) is 4.79 Å². The molecule has 1 atom stereocenters. The maximum Gasteiger partial charge on any atom is 0.224 e. The number of amides is 1. The second kappa shape index (κ2) is 7.13. The summed E-state index contributed by atoms with van der Waals surface area (Å²) in [5.74, 6) is -0.00877. The van der Waals surface area contributed by atoms with E-state index in [1.54, 1.807) is 16.8 Å². The molecule has 0 aliphatic heterocycles. The summed E-state index contributed by atoms with van der Waals surface area (Å²) in [7, 11) is 1.87. The number of nitrogens with two attached hydrogens (primary N) is 1. The highest BCUT2D eigenvalue weighted by molar-refractivity contribution is 5.85. The molecule has 0 spiro atoms. The molecule has 21 heavy (non-hydrogen) atoms. The third kappa shape index (κ3) is 4.49. The van der Waals surface area contributed by atoms with E-state index in [0.29, 0.717) is 12.1 Å². The highest BCUT2D eigenvalue weighted by Crippen LogP contribution is 2.15. The van der Waals surface area contributed by atoms with Gasteiger partial charge in [0.15, 0.2) is 0 Å². The molecule has 0 saturated heterocycles. The van der Waals surface area contributed by atoms with Crippen LogP contribution in [0.2, 0.25) is 0 Å². The minimum absolute atomic E-state index is 0. The maximum atomic E-state index is 12.0. The molecule has 1 aromatic carbocycles. The number of anilines is 1. The van der Waals surface area contributed by atoms with Crippen molar-refractivity contribution in [2.24, 2.45) is 7.05 Å². The summed E-state index contributed by atoms with van der Waals surface area (Å²) in [4.78, 5) is 12.0. The van der Waals surface area contributed by atoms with Gasteiger partial charge in [0.2, 0.25) is 5.91 Å². The van der Waals surface area contributed by atoms with Crippen LogP contribution in [0.1, 0.15) is 29.8 Å². The molecule has 0 radical (unpaired) electrons. The van der Waals surface area contributed by atoms with Crippen LogP contribution in [0.15, 0.2) is 30.5 Å². The van der Waals surface area contributed by atoms with Crippen LogP contribution in [-0.2, 0) is 18.3 Å². The van der Waals surface area contributed by atoms with Gasteiger partial charge in [0.05, 0.1) is 18.2 Å². The van der Waals surface area contributed by atoms with Gasteiger partial charge in [-0.15, -0.1) is 12.4 Å². The van der Waals surface area contributed by atoms with E-state index in [1.807, 2.05) is 39.2 Å². The molecule has 3 N–H and O–H groups in total. The predicted molar refractivity (Wildman–Crippen MR) is 86.3 cm³/mol. The number of aromatic nitrogens is 2. The van der Waals surface area contributed by atoms with Crippen molar-refractivity contribution >= 4 is 24.0 Å². The smallest absolute Gasteiger partial charge is 0.224 e. The van der Waals surface area contributed by atoms with Gasteiger partial charge in [0, 0.05) is 24.5 Å². The van der Waals surface area contributed by atoms with Crippen molar-refractivity contribution in [3.63, 3.8) is 0 Å². The monoisotopic (exact) mass is 308 g/mol. The van der Waals surface area contributed by atoms with Crippen LogP contribution in [0.25, 0.3) is 0 Å². The van der Waals surface area contributed by atoms with Crippen LogP contribution in [0.5, 0.6) is 0 Å². The van der Waals surface area contributed by atoms with Gasteiger partial charge in [-0.3, -0.25) is 9.48 Å². The summed E-state index contributed by atoms with van der Waals surface area (Å²) in [5, 5.41) is 7.27. The fraction of sp³-hybridized carbons (Fsp3) is 0.333. The molecular formula is C15H21ClN4O. The highest BCUT2D eigenvalue weighted by Gasteiger charge is 2.14.